The van der Waals surface area contributed by atoms with Gasteiger partial charge in [0.25, 0.3) is 0 Å². The Morgan fingerprint density at radius 1 is 1.15 bits per heavy atom. The van der Waals surface area contributed by atoms with Gasteiger partial charge in [-0.3, -0.25) is 9.59 Å². The molecule has 1 rings (SSSR count). The summed E-state index contributed by atoms with van der Waals surface area (Å²) in [5.74, 6) is -2.92. The van der Waals surface area contributed by atoms with Crippen molar-refractivity contribution in [3.63, 3.8) is 0 Å². The molecule has 0 heterocycles. The summed E-state index contributed by atoms with van der Waals surface area (Å²) in [6.07, 6.45) is 0. The van der Waals surface area contributed by atoms with Crippen molar-refractivity contribution in [1.29, 1.82) is 0 Å². The van der Waals surface area contributed by atoms with E-state index in [4.69, 9.17) is 15.2 Å². The van der Waals surface area contributed by atoms with Gasteiger partial charge in [-0.2, -0.15) is 0 Å². The first-order chi connectivity index (χ1) is 12.5. The summed E-state index contributed by atoms with van der Waals surface area (Å²) in [4.78, 5) is 36.4. The predicted octanol–water partition coefficient (Wildman–Crippen LogP) is 1.08. The summed E-state index contributed by atoms with van der Waals surface area (Å²) in [6.45, 7) is 5.92. The van der Waals surface area contributed by atoms with Gasteiger partial charge in [0.1, 0.15) is 5.60 Å². The lowest BCUT2D eigenvalue weighted by atomic mass is 9.89. The van der Waals surface area contributed by atoms with Gasteiger partial charge in [0.05, 0.1) is 13.2 Å². The SMILES string of the molecule is CC(C)(C)OC(=O)C(C)(CN)C(=O)NC(COCc1ccccc1)C(=O)O. The lowest BCUT2D eigenvalue weighted by molar-refractivity contribution is -0.170. The molecule has 0 spiro atoms. The summed E-state index contributed by atoms with van der Waals surface area (Å²) in [7, 11) is 0. The Kier molecular flexibility index (Phi) is 7.93. The van der Waals surface area contributed by atoms with Crippen LogP contribution in [0, 0.1) is 5.41 Å². The van der Waals surface area contributed by atoms with Crippen LogP contribution >= 0.6 is 0 Å². The van der Waals surface area contributed by atoms with E-state index in [9.17, 15) is 19.5 Å². The zero-order valence-corrected chi connectivity index (χ0v) is 16.2. The van der Waals surface area contributed by atoms with E-state index >= 15 is 0 Å². The van der Waals surface area contributed by atoms with Gasteiger partial charge in [0, 0.05) is 6.54 Å². The van der Waals surface area contributed by atoms with E-state index in [1.165, 1.54) is 6.92 Å². The molecule has 0 fully saturated rings. The fourth-order valence-electron chi connectivity index (χ4n) is 2.02. The molecular formula is C19H28N2O6. The second-order valence-corrected chi connectivity index (χ2v) is 7.40. The third kappa shape index (κ3) is 6.99. The van der Waals surface area contributed by atoms with Gasteiger partial charge in [-0.15, -0.1) is 0 Å². The van der Waals surface area contributed by atoms with Crippen LogP contribution in [-0.2, 0) is 30.5 Å². The number of nitrogens with two attached hydrogens (primary N) is 1. The Hall–Kier alpha value is -2.45. The van der Waals surface area contributed by atoms with Gasteiger partial charge in [0.15, 0.2) is 11.5 Å². The molecule has 0 aliphatic heterocycles. The number of ether oxygens (including phenoxy) is 2. The van der Waals surface area contributed by atoms with E-state index in [1.807, 2.05) is 30.3 Å². The fourth-order valence-corrected chi connectivity index (χ4v) is 2.02. The highest BCUT2D eigenvalue weighted by atomic mass is 16.6. The van der Waals surface area contributed by atoms with E-state index in [2.05, 4.69) is 5.32 Å². The first-order valence-corrected chi connectivity index (χ1v) is 8.58. The molecule has 1 aromatic rings. The highest BCUT2D eigenvalue weighted by molar-refractivity contribution is 6.03. The monoisotopic (exact) mass is 380 g/mol. The molecule has 0 aliphatic rings. The minimum Gasteiger partial charge on any atom is -0.480 e. The predicted molar refractivity (Wildman–Crippen MR) is 98.7 cm³/mol. The third-order valence-corrected chi connectivity index (χ3v) is 3.76. The molecule has 27 heavy (non-hydrogen) atoms. The molecule has 8 heteroatoms. The molecule has 150 valence electrons. The van der Waals surface area contributed by atoms with Crippen molar-refractivity contribution in [3.8, 4) is 0 Å². The van der Waals surface area contributed by atoms with Gasteiger partial charge in [-0.25, -0.2) is 4.79 Å². The van der Waals surface area contributed by atoms with Crippen LogP contribution in [-0.4, -0.2) is 47.7 Å². The number of amides is 1. The van der Waals surface area contributed by atoms with Crippen molar-refractivity contribution in [2.45, 2.75) is 45.9 Å². The molecule has 0 radical (unpaired) electrons. The molecule has 1 aromatic carbocycles. The molecular weight excluding hydrogens is 352 g/mol. The van der Waals surface area contributed by atoms with Gasteiger partial charge in [-0.1, -0.05) is 30.3 Å². The molecule has 2 atom stereocenters. The standard InChI is InChI=1S/C19H28N2O6/c1-18(2,3)27-17(25)19(4,12-20)16(24)21-14(15(22)23)11-26-10-13-8-6-5-7-9-13/h5-9,14H,10-12,20H2,1-4H3,(H,21,24)(H,22,23). The fraction of sp³-hybridized carbons (Fsp3) is 0.526. The number of carboxylic acids is 1. The number of nitrogens with one attached hydrogen (secondary N) is 1. The zero-order chi connectivity index (χ0) is 20.7. The van der Waals surface area contributed by atoms with Gasteiger partial charge in [0.2, 0.25) is 5.91 Å². The molecule has 8 nitrogen and oxygen atoms in total. The number of hydrogen-bond acceptors (Lipinski definition) is 6. The zero-order valence-electron chi connectivity index (χ0n) is 16.2. The maximum absolute atomic E-state index is 12.6. The Morgan fingerprint density at radius 2 is 1.74 bits per heavy atom. The summed E-state index contributed by atoms with van der Waals surface area (Å²) < 4.78 is 10.6. The normalized spacial score (nSPS) is 14.7. The number of rotatable bonds is 9. The highest BCUT2D eigenvalue weighted by Crippen LogP contribution is 2.21. The highest BCUT2D eigenvalue weighted by Gasteiger charge is 2.44. The van der Waals surface area contributed by atoms with Crippen molar-refractivity contribution in [2.24, 2.45) is 11.1 Å². The largest absolute Gasteiger partial charge is 0.480 e. The number of carbonyl (C=O) groups excluding carboxylic acids is 2. The molecule has 0 saturated carbocycles. The quantitative estimate of drug-likeness (QED) is 0.432. The summed E-state index contributed by atoms with van der Waals surface area (Å²) in [5, 5.41) is 11.7. The second kappa shape index (κ2) is 9.48. The molecule has 2 unspecified atom stereocenters. The lowest BCUT2D eigenvalue weighted by Gasteiger charge is -2.30. The number of carboxylic acid groups (broad SMARTS) is 1. The summed E-state index contributed by atoms with van der Waals surface area (Å²) >= 11 is 0. The lowest BCUT2D eigenvalue weighted by Crippen LogP contribution is -2.56. The van der Waals surface area contributed by atoms with E-state index in [1.54, 1.807) is 20.8 Å². The van der Waals surface area contributed by atoms with Crippen molar-refractivity contribution < 1.29 is 29.0 Å². The van der Waals surface area contributed by atoms with Crippen LogP contribution in [0.4, 0.5) is 0 Å². The van der Waals surface area contributed by atoms with Crippen LogP contribution in [0.1, 0.15) is 33.3 Å². The summed E-state index contributed by atoms with van der Waals surface area (Å²) in [5.41, 5.74) is 3.97. The average Bonchev–Trinajstić information content (AvgIpc) is 2.59. The van der Waals surface area contributed by atoms with E-state index in [-0.39, 0.29) is 19.8 Å². The smallest absolute Gasteiger partial charge is 0.328 e. The van der Waals surface area contributed by atoms with Crippen LogP contribution in [0.25, 0.3) is 0 Å². The maximum Gasteiger partial charge on any atom is 0.328 e. The molecule has 0 bridgehead atoms. The Bertz CT molecular complexity index is 656. The van der Waals surface area contributed by atoms with Crippen LogP contribution < -0.4 is 11.1 Å². The number of hydrogen-bond donors (Lipinski definition) is 3. The molecule has 0 saturated heterocycles. The second-order valence-electron chi connectivity index (χ2n) is 7.40. The number of esters is 1. The van der Waals surface area contributed by atoms with Crippen LogP contribution in [0.15, 0.2) is 30.3 Å². The number of carbonyl (C=O) groups is 3. The van der Waals surface area contributed by atoms with Gasteiger partial charge < -0.3 is 25.6 Å². The van der Waals surface area contributed by atoms with Crippen LogP contribution in [0.3, 0.4) is 0 Å². The molecule has 4 N–H and O–H groups in total. The van der Waals surface area contributed by atoms with E-state index in [0.717, 1.165) is 5.56 Å². The Balaban J connectivity index is 2.74. The van der Waals surface area contributed by atoms with Crippen LogP contribution in [0.5, 0.6) is 0 Å². The van der Waals surface area contributed by atoms with Crippen molar-refractivity contribution in [2.75, 3.05) is 13.2 Å². The van der Waals surface area contributed by atoms with E-state index < -0.39 is 34.9 Å². The minimum atomic E-state index is -1.71. The Labute approximate surface area is 159 Å². The first kappa shape index (κ1) is 22.6. The van der Waals surface area contributed by atoms with Gasteiger partial charge in [-0.05, 0) is 33.3 Å². The number of benzene rings is 1. The topological polar surface area (TPSA) is 128 Å². The molecule has 1 amide bonds. The van der Waals surface area contributed by atoms with Crippen molar-refractivity contribution in [1.82, 2.24) is 5.32 Å². The van der Waals surface area contributed by atoms with Crippen molar-refractivity contribution in [3.05, 3.63) is 35.9 Å². The first-order valence-electron chi connectivity index (χ1n) is 8.58. The number of aliphatic carboxylic acids is 1. The molecule has 0 aliphatic carbocycles. The Morgan fingerprint density at radius 3 is 2.22 bits per heavy atom. The average molecular weight is 380 g/mol. The third-order valence-electron chi connectivity index (χ3n) is 3.76. The van der Waals surface area contributed by atoms with Crippen molar-refractivity contribution >= 4 is 17.8 Å². The molecule has 0 aromatic heterocycles. The minimum absolute atomic E-state index is 0.195. The van der Waals surface area contributed by atoms with E-state index in [0.29, 0.717) is 0 Å². The van der Waals surface area contributed by atoms with Gasteiger partial charge >= 0.3 is 11.9 Å². The van der Waals surface area contributed by atoms with Crippen LogP contribution in [0.2, 0.25) is 0 Å². The summed E-state index contributed by atoms with van der Waals surface area (Å²) in [6, 6.07) is 7.87. The maximum atomic E-state index is 12.6.